The maximum Gasteiger partial charge on any atom is 0.0472 e. The maximum atomic E-state index is 4.08. The number of hydrazone groups is 1. The van der Waals surface area contributed by atoms with E-state index in [4.69, 9.17) is 0 Å². The highest BCUT2D eigenvalue weighted by molar-refractivity contribution is 8.03. The van der Waals surface area contributed by atoms with Crippen molar-refractivity contribution in [2.24, 2.45) is 15.9 Å². The van der Waals surface area contributed by atoms with E-state index in [0.717, 1.165) is 16.2 Å². The van der Waals surface area contributed by atoms with Gasteiger partial charge in [0.25, 0.3) is 0 Å². The van der Waals surface area contributed by atoms with Gasteiger partial charge in [0.2, 0.25) is 0 Å². The molecule has 0 unspecified atom stereocenters. The molecule has 3 heteroatoms. The van der Waals surface area contributed by atoms with Gasteiger partial charge in [0.05, 0.1) is 0 Å². The van der Waals surface area contributed by atoms with Gasteiger partial charge in [0.1, 0.15) is 0 Å². The molecule has 0 saturated heterocycles. The fourth-order valence-corrected chi connectivity index (χ4v) is 2.46. The summed E-state index contributed by atoms with van der Waals surface area (Å²) < 4.78 is 0. The molecule has 0 aromatic carbocycles. The lowest BCUT2D eigenvalue weighted by atomic mass is 9.71. The molecule has 0 amide bonds. The Labute approximate surface area is 115 Å². The zero-order valence-corrected chi connectivity index (χ0v) is 12.9. The van der Waals surface area contributed by atoms with Crippen LogP contribution in [0.5, 0.6) is 0 Å². The Morgan fingerprint density at radius 1 is 1.28 bits per heavy atom. The predicted octanol–water partition coefficient (Wildman–Crippen LogP) is 4.33. The second-order valence-electron chi connectivity index (χ2n) is 6.22. The first kappa shape index (κ1) is 15.1. The van der Waals surface area contributed by atoms with E-state index in [1.54, 1.807) is 6.21 Å². The molecule has 0 radical (unpaired) electrons. The van der Waals surface area contributed by atoms with Crippen molar-refractivity contribution < 1.29 is 0 Å². The monoisotopic (exact) mass is 264 g/mol. The first-order chi connectivity index (χ1) is 8.24. The van der Waals surface area contributed by atoms with Gasteiger partial charge in [-0.15, -0.1) is 11.8 Å². The van der Waals surface area contributed by atoms with E-state index < -0.39 is 0 Å². The van der Waals surface area contributed by atoms with Crippen molar-refractivity contribution in [2.75, 3.05) is 5.75 Å². The number of allylic oxidation sites excluding steroid dienone is 3. The Balaban J connectivity index is 2.71. The minimum Gasteiger partial charge on any atom is -0.285 e. The normalized spacial score (nSPS) is 23.4. The molecule has 1 heterocycles. The van der Waals surface area contributed by atoms with Crippen LogP contribution in [0.3, 0.4) is 0 Å². The number of hydrogen-bond acceptors (Lipinski definition) is 3. The number of rotatable bonds is 3. The van der Waals surface area contributed by atoms with Crippen molar-refractivity contribution in [3.05, 3.63) is 35.4 Å². The summed E-state index contributed by atoms with van der Waals surface area (Å²) in [4.78, 5) is 1.15. The summed E-state index contributed by atoms with van der Waals surface area (Å²) >= 11 is 1.84. The lowest BCUT2D eigenvalue weighted by Gasteiger charge is -2.38. The van der Waals surface area contributed by atoms with Crippen LogP contribution in [-0.4, -0.2) is 12.0 Å². The van der Waals surface area contributed by atoms with Gasteiger partial charge in [-0.3, -0.25) is 5.43 Å². The number of nitrogens with zero attached hydrogens (tertiary/aromatic N) is 1. The minimum absolute atomic E-state index is 0.258. The fourth-order valence-electron chi connectivity index (χ4n) is 1.13. The molecule has 1 aliphatic rings. The van der Waals surface area contributed by atoms with Crippen LogP contribution in [0.15, 0.2) is 40.5 Å². The predicted molar refractivity (Wildman–Crippen MR) is 83.7 cm³/mol. The van der Waals surface area contributed by atoms with Gasteiger partial charge in [-0.2, -0.15) is 5.10 Å². The van der Waals surface area contributed by atoms with Crippen LogP contribution >= 0.6 is 11.8 Å². The summed E-state index contributed by atoms with van der Waals surface area (Å²) in [5.74, 6) is 1.06. The first-order valence-corrected chi connectivity index (χ1v) is 7.20. The molecule has 0 fully saturated rings. The van der Waals surface area contributed by atoms with Crippen LogP contribution in [0, 0.1) is 10.8 Å². The Hall–Kier alpha value is -0.960. The standard InChI is InChI=1S/C15H24N2S/c1-12-8-7-9-16-17-10-13(12)18-11-15(5,6)14(2,3)4/h7-10,17H,1,11H2,2-6H3/b8-7-,13-10+,16-9-. The van der Waals surface area contributed by atoms with Gasteiger partial charge in [0.15, 0.2) is 0 Å². The highest BCUT2D eigenvalue weighted by atomic mass is 32.2. The third-order valence-corrected chi connectivity index (χ3v) is 5.22. The minimum atomic E-state index is 0.258. The Kier molecular flexibility index (Phi) is 4.85. The third-order valence-electron chi connectivity index (χ3n) is 3.66. The Bertz CT molecular complexity index is 395. The van der Waals surface area contributed by atoms with Gasteiger partial charge in [-0.1, -0.05) is 47.3 Å². The van der Waals surface area contributed by atoms with Crippen molar-refractivity contribution in [1.29, 1.82) is 0 Å². The molecule has 0 aromatic rings. The second kappa shape index (κ2) is 5.79. The Morgan fingerprint density at radius 3 is 2.56 bits per heavy atom. The van der Waals surface area contributed by atoms with Crippen molar-refractivity contribution in [3.8, 4) is 0 Å². The van der Waals surface area contributed by atoms with Crippen molar-refractivity contribution in [3.63, 3.8) is 0 Å². The van der Waals surface area contributed by atoms with E-state index >= 15 is 0 Å². The van der Waals surface area contributed by atoms with Crippen molar-refractivity contribution in [1.82, 2.24) is 5.43 Å². The first-order valence-electron chi connectivity index (χ1n) is 6.21. The highest BCUT2D eigenvalue weighted by Crippen LogP contribution is 2.42. The van der Waals surface area contributed by atoms with E-state index in [9.17, 15) is 0 Å². The van der Waals surface area contributed by atoms with Crippen LogP contribution < -0.4 is 5.43 Å². The number of nitrogens with one attached hydrogen (secondary N) is 1. The molecule has 2 nitrogen and oxygen atoms in total. The molecule has 0 bridgehead atoms. The molecular formula is C15H24N2S. The Morgan fingerprint density at radius 2 is 1.94 bits per heavy atom. The van der Waals surface area contributed by atoms with E-state index in [1.807, 2.05) is 30.1 Å². The van der Waals surface area contributed by atoms with Gasteiger partial charge < -0.3 is 0 Å². The molecule has 0 atom stereocenters. The summed E-state index contributed by atoms with van der Waals surface area (Å²) in [6, 6.07) is 0. The van der Waals surface area contributed by atoms with Crippen LogP contribution in [0.1, 0.15) is 34.6 Å². The molecule has 0 saturated carbocycles. The van der Waals surface area contributed by atoms with Crippen molar-refractivity contribution in [2.45, 2.75) is 34.6 Å². The molecule has 0 aromatic heterocycles. The molecule has 1 rings (SSSR count). The van der Waals surface area contributed by atoms with Gasteiger partial charge in [0, 0.05) is 23.1 Å². The topological polar surface area (TPSA) is 24.4 Å². The van der Waals surface area contributed by atoms with E-state index in [0.29, 0.717) is 0 Å². The molecule has 0 aliphatic carbocycles. The smallest absolute Gasteiger partial charge is 0.0472 e. The number of hydrogen-bond donors (Lipinski definition) is 1. The van der Waals surface area contributed by atoms with Crippen LogP contribution in [0.4, 0.5) is 0 Å². The SMILES string of the molecule is C=C1/C=C\C=N/N/C=C\1SCC(C)(C)C(C)(C)C. The summed E-state index contributed by atoms with van der Waals surface area (Å²) in [5.41, 5.74) is 4.49. The largest absolute Gasteiger partial charge is 0.285 e. The van der Waals surface area contributed by atoms with E-state index in [-0.39, 0.29) is 10.8 Å². The lowest BCUT2D eigenvalue weighted by molar-refractivity contribution is 0.163. The molecular weight excluding hydrogens is 240 g/mol. The summed E-state index contributed by atoms with van der Waals surface area (Å²) in [7, 11) is 0. The molecule has 100 valence electrons. The molecule has 1 aliphatic heterocycles. The molecule has 0 spiro atoms. The summed E-state index contributed by atoms with van der Waals surface area (Å²) in [6.45, 7) is 15.6. The molecule has 18 heavy (non-hydrogen) atoms. The second-order valence-corrected chi connectivity index (χ2v) is 7.24. The van der Waals surface area contributed by atoms with Crippen LogP contribution in [-0.2, 0) is 0 Å². The van der Waals surface area contributed by atoms with Crippen LogP contribution in [0.25, 0.3) is 0 Å². The number of thioether (sulfide) groups is 1. The zero-order chi connectivity index (χ0) is 13.8. The fraction of sp³-hybridized carbons (Fsp3) is 0.533. The average Bonchev–Trinajstić information content (AvgIpc) is 2.21. The van der Waals surface area contributed by atoms with Gasteiger partial charge in [-0.25, -0.2) is 0 Å². The maximum absolute atomic E-state index is 4.08. The average molecular weight is 264 g/mol. The van der Waals surface area contributed by atoms with Gasteiger partial charge >= 0.3 is 0 Å². The highest BCUT2D eigenvalue weighted by Gasteiger charge is 2.32. The third kappa shape index (κ3) is 4.05. The lowest BCUT2D eigenvalue weighted by Crippen LogP contribution is -2.32. The van der Waals surface area contributed by atoms with Gasteiger partial charge in [-0.05, 0) is 22.5 Å². The van der Waals surface area contributed by atoms with Crippen LogP contribution in [0.2, 0.25) is 0 Å². The van der Waals surface area contributed by atoms with E-state index in [2.05, 4.69) is 51.7 Å². The quantitative estimate of drug-likeness (QED) is 0.820. The van der Waals surface area contributed by atoms with E-state index in [1.165, 1.54) is 0 Å². The summed E-state index contributed by atoms with van der Waals surface area (Å²) in [5, 5.41) is 4.02. The summed E-state index contributed by atoms with van der Waals surface area (Å²) in [6.07, 6.45) is 7.54. The zero-order valence-electron chi connectivity index (χ0n) is 12.1. The molecule has 1 N–H and O–H groups in total. The van der Waals surface area contributed by atoms with Crippen molar-refractivity contribution >= 4 is 18.0 Å².